The van der Waals surface area contributed by atoms with Gasteiger partial charge < -0.3 is 14.8 Å². The Morgan fingerprint density at radius 1 is 0.853 bits per heavy atom. The summed E-state index contributed by atoms with van der Waals surface area (Å²) in [5, 5.41) is 3.12. The SMILES string of the molecule is CCc1ccc([C@H]2C[C@H](C(=O)Nc3ccc(OC)cc3)CN(Cc3ccc(OC)cc3)C2)cc1. The van der Waals surface area contributed by atoms with Crippen molar-refractivity contribution in [3.63, 3.8) is 0 Å². The van der Waals surface area contributed by atoms with Gasteiger partial charge in [-0.25, -0.2) is 0 Å². The van der Waals surface area contributed by atoms with Gasteiger partial charge in [-0.1, -0.05) is 43.3 Å². The lowest BCUT2D eigenvalue weighted by Crippen LogP contribution is -2.43. The predicted octanol–water partition coefficient (Wildman–Crippen LogP) is 5.51. The standard InChI is InChI=1S/C29H34N2O3/c1-4-21-5-9-23(10-6-21)24-17-25(29(32)30-26-11-15-28(34-3)16-12-26)20-31(19-24)18-22-7-13-27(33-2)14-8-22/h5-16,24-25H,4,17-20H2,1-3H3,(H,30,32)/t24-,25-/m0/s1. The van der Waals surface area contributed by atoms with Crippen molar-refractivity contribution in [3.05, 3.63) is 89.5 Å². The minimum atomic E-state index is -0.0926. The molecule has 1 saturated heterocycles. The average molecular weight is 459 g/mol. The molecule has 0 bridgehead atoms. The first kappa shape index (κ1) is 23.8. The molecule has 5 heteroatoms. The Balaban J connectivity index is 1.51. The van der Waals surface area contributed by atoms with Gasteiger partial charge in [-0.2, -0.15) is 0 Å². The molecule has 0 radical (unpaired) electrons. The van der Waals surface area contributed by atoms with Crippen LogP contribution in [0, 0.1) is 5.92 Å². The van der Waals surface area contributed by atoms with Crippen LogP contribution in [0.5, 0.6) is 11.5 Å². The van der Waals surface area contributed by atoms with Gasteiger partial charge in [0.05, 0.1) is 20.1 Å². The number of ether oxygens (including phenoxy) is 2. The third-order valence-corrected chi connectivity index (χ3v) is 6.68. The molecule has 1 N–H and O–H groups in total. The Bertz CT molecular complexity index is 1060. The molecule has 5 nitrogen and oxygen atoms in total. The first-order valence-corrected chi connectivity index (χ1v) is 12.0. The quantitative estimate of drug-likeness (QED) is 0.484. The van der Waals surface area contributed by atoms with Gasteiger partial charge in [-0.05, 0) is 71.8 Å². The van der Waals surface area contributed by atoms with E-state index < -0.39 is 0 Å². The number of carbonyl (C=O) groups is 1. The Morgan fingerprint density at radius 3 is 2.03 bits per heavy atom. The fraction of sp³-hybridized carbons (Fsp3) is 0.345. The Morgan fingerprint density at radius 2 is 1.44 bits per heavy atom. The van der Waals surface area contributed by atoms with Crippen LogP contribution in [0.15, 0.2) is 72.8 Å². The van der Waals surface area contributed by atoms with Crippen molar-refractivity contribution in [3.8, 4) is 11.5 Å². The second-order valence-electron chi connectivity index (χ2n) is 8.98. The molecule has 34 heavy (non-hydrogen) atoms. The number of nitrogens with zero attached hydrogens (tertiary/aromatic N) is 1. The zero-order valence-corrected chi connectivity index (χ0v) is 20.3. The number of carbonyl (C=O) groups excluding carboxylic acids is 1. The molecular formula is C29H34N2O3. The molecule has 4 rings (SSSR count). The zero-order chi connectivity index (χ0) is 23.9. The van der Waals surface area contributed by atoms with Gasteiger partial charge in [0.25, 0.3) is 0 Å². The number of rotatable bonds is 8. The number of nitrogens with one attached hydrogen (secondary N) is 1. The largest absolute Gasteiger partial charge is 0.497 e. The topological polar surface area (TPSA) is 50.8 Å². The van der Waals surface area contributed by atoms with Crippen LogP contribution in [0.1, 0.15) is 36.0 Å². The van der Waals surface area contributed by atoms with Crippen LogP contribution in [0.2, 0.25) is 0 Å². The summed E-state index contributed by atoms with van der Waals surface area (Å²) in [6.45, 7) is 4.65. The number of amides is 1. The monoisotopic (exact) mass is 458 g/mol. The van der Waals surface area contributed by atoms with Crippen LogP contribution >= 0.6 is 0 Å². The van der Waals surface area contributed by atoms with Crippen LogP contribution in [0.25, 0.3) is 0 Å². The molecular weight excluding hydrogens is 424 g/mol. The van der Waals surface area contributed by atoms with E-state index in [0.29, 0.717) is 5.92 Å². The molecule has 0 saturated carbocycles. The van der Waals surface area contributed by atoms with E-state index in [1.807, 2.05) is 36.4 Å². The minimum absolute atomic E-state index is 0.0692. The Labute approximate surface area is 202 Å². The summed E-state index contributed by atoms with van der Waals surface area (Å²) in [6.07, 6.45) is 1.87. The van der Waals surface area contributed by atoms with Gasteiger partial charge in [-0.3, -0.25) is 9.69 Å². The maximum absolute atomic E-state index is 13.3. The van der Waals surface area contributed by atoms with Crippen molar-refractivity contribution in [2.75, 3.05) is 32.6 Å². The van der Waals surface area contributed by atoms with E-state index in [1.165, 1.54) is 16.7 Å². The molecule has 178 valence electrons. The summed E-state index contributed by atoms with van der Waals surface area (Å²) < 4.78 is 10.5. The molecule has 0 aromatic heterocycles. The van der Waals surface area contributed by atoms with Gasteiger partial charge in [-0.15, -0.1) is 0 Å². The first-order valence-electron chi connectivity index (χ1n) is 12.0. The van der Waals surface area contributed by atoms with Crippen molar-refractivity contribution in [2.45, 2.75) is 32.2 Å². The van der Waals surface area contributed by atoms with Crippen LogP contribution < -0.4 is 14.8 Å². The first-order chi connectivity index (χ1) is 16.6. The molecule has 2 atom stereocenters. The Kier molecular flexibility index (Phi) is 7.86. The van der Waals surface area contributed by atoms with Gasteiger partial charge >= 0.3 is 0 Å². The van der Waals surface area contributed by atoms with E-state index in [0.717, 1.165) is 49.7 Å². The maximum Gasteiger partial charge on any atom is 0.228 e. The van der Waals surface area contributed by atoms with E-state index in [1.54, 1.807) is 14.2 Å². The molecule has 1 aliphatic rings. The fourth-order valence-electron chi connectivity index (χ4n) is 4.68. The van der Waals surface area contributed by atoms with E-state index in [4.69, 9.17) is 9.47 Å². The van der Waals surface area contributed by atoms with E-state index in [-0.39, 0.29) is 11.8 Å². The number of hydrogen-bond donors (Lipinski definition) is 1. The van der Waals surface area contributed by atoms with Crippen molar-refractivity contribution in [2.24, 2.45) is 5.92 Å². The molecule has 0 spiro atoms. The van der Waals surface area contributed by atoms with Crippen molar-refractivity contribution in [1.29, 1.82) is 0 Å². The summed E-state index contributed by atoms with van der Waals surface area (Å²) in [6, 6.07) is 24.6. The highest BCUT2D eigenvalue weighted by atomic mass is 16.5. The summed E-state index contributed by atoms with van der Waals surface area (Å²) in [4.78, 5) is 15.7. The maximum atomic E-state index is 13.3. The number of aryl methyl sites for hydroxylation is 1. The predicted molar refractivity (Wildman–Crippen MR) is 137 cm³/mol. The number of hydrogen-bond acceptors (Lipinski definition) is 4. The summed E-state index contributed by atoms with van der Waals surface area (Å²) in [5.41, 5.74) is 4.65. The molecule has 1 aliphatic heterocycles. The van der Waals surface area contributed by atoms with Crippen molar-refractivity contribution < 1.29 is 14.3 Å². The summed E-state index contributed by atoms with van der Waals surface area (Å²) >= 11 is 0. The molecule has 1 amide bonds. The fourth-order valence-corrected chi connectivity index (χ4v) is 4.68. The Hall–Kier alpha value is -3.31. The van der Waals surface area contributed by atoms with Crippen molar-refractivity contribution in [1.82, 2.24) is 4.90 Å². The van der Waals surface area contributed by atoms with Crippen LogP contribution in [0.4, 0.5) is 5.69 Å². The van der Waals surface area contributed by atoms with E-state index in [9.17, 15) is 4.79 Å². The molecule has 0 unspecified atom stereocenters. The van der Waals surface area contributed by atoms with E-state index in [2.05, 4.69) is 53.5 Å². The van der Waals surface area contributed by atoms with Gasteiger partial charge in [0.2, 0.25) is 5.91 Å². The molecule has 1 heterocycles. The highest BCUT2D eigenvalue weighted by Gasteiger charge is 2.32. The minimum Gasteiger partial charge on any atom is -0.497 e. The molecule has 3 aromatic carbocycles. The lowest BCUT2D eigenvalue weighted by atomic mass is 9.83. The molecule has 0 aliphatic carbocycles. The molecule has 1 fully saturated rings. The second kappa shape index (κ2) is 11.2. The number of anilines is 1. The third kappa shape index (κ3) is 5.97. The summed E-state index contributed by atoms with van der Waals surface area (Å²) in [7, 11) is 3.32. The smallest absolute Gasteiger partial charge is 0.228 e. The lowest BCUT2D eigenvalue weighted by Gasteiger charge is -2.37. The van der Waals surface area contributed by atoms with Crippen LogP contribution in [-0.2, 0) is 17.8 Å². The third-order valence-electron chi connectivity index (χ3n) is 6.68. The van der Waals surface area contributed by atoms with Gasteiger partial charge in [0.1, 0.15) is 11.5 Å². The van der Waals surface area contributed by atoms with Gasteiger partial charge in [0.15, 0.2) is 0 Å². The highest BCUT2D eigenvalue weighted by Crippen LogP contribution is 2.32. The lowest BCUT2D eigenvalue weighted by molar-refractivity contribution is -0.121. The number of benzene rings is 3. The number of methoxy groups -OCH3 is 2. The second-order valence-corrected chi connectivity index (χ2v) is 8.98. The van der Waals surface area contributed by atoms with Crippen LogP contribution in [-0.4, -0.2) is 38.1 Å². The zero-order valence-electron chi connectivity index (χ0n) is 20.3. The number of piperidine rings is 1. The summed E-state index contributed by atoms with van der Waals surface area (Å²) in [5.74, 6) is 1.92. The number of likely N-dealkylation sites (tertiary alicyclic amines) is 1. The molecule has 3 aromatic rings. The van der Waals surface area contributed by atoms with E-state index >= 15 is 0 Å². The average Bonchev–Trinajstić information content (AvgIpc) is 2.89. The normalized spacial score (nSPS) is 18.3. The van der Waals surface area contributed by atoms with Crippen LogP contribution in [0.3, 0.4) is 0 Å². The highest BCUT2D eigenvalue weighted by molar-refractivity contribution is 5.92. The van der Waals surface area contributed by atoms with Crippen molar-refractivity contribution >= 4 is 11.6 Å². The van der Waals surface area contributed by atoms with Gasteiger partial charge in [0, 0.05) is 25.3 Å².